The van der Waals surface area contributed by atoms with Crippen molar-refractivity contribution in [2.45, 2.75) is 71.0 Å². The molecule has 0 aromatic rings. The van der Waals surface area contributed by atoms with Crippen molar-refractivity contribution in [1.29, 1.82) is 0 Å². The second-order valence-electron chi connectivity index (χ2n) is 7.39. The first-order chi connectivity index (χ1) is 9.03. The molecule has 1 amide bonds. The molecule has 1 saturated heterocycles. The fraction of sp³-hybridized carbons (Fsp3) is 0.938. The van der Waals surface area contributed by atoms with Crippen LogP contribution in [0.1, 0.15) is 59.3 Å². The van der Waals surface area contributed by atoms with E-state index in [4.69, 9.17) is 0 Å². The summed E-state index contributed by atoms with van der Waals surface area (Å²) in [5.41, 5.74) is -0.196. The molecule has 3 heteroatoms. The lowest BCUT2D eigenvalue weighted by atomic mass is 9.97. The second-order valence-corrected chi connectivity index (χ2v) is 7.39. The normalized spacial score (nSPS) is 31.7. The summed E-state index contributed by atoms with van der Waals surface area (Å²) in [7, 11) is 0. The van der Waals surface area contributed by atoms with E-state index in [1.807, 2.05) is 0 Å². The zero-order chi connectivity index (χ0) is 13.6. The topological polar surface area (TPSA) is 32.3 Å². The Morgan fingerprint density at radius 2 is 1.89 bits per heavy atom. The van der Waals surface area contributed by atoms with Crippen molar-refractivity contribution in [3.63, 3.8) is 0 Å². The highest BCUT2D eigenvalue weighted by Crippen LogP contribution is 2.41. The van der Waals surface area contributed by atoms with Crippen molar-refractivity contribution in [2.24, 2.45) is 17.8 Å². The number of nitrogens with zero attached hydrogens (tertiary/aromatic N) is 1. The molecule has 0 bridgehead atoms. The number of carbonyl (C=O) groups is 1. The minimum Gasteiger partial charge on any atom is -0.325 e. The van der Waals surface area contributed by atoms with E-state index in [1.165, 1.54) is 25.7 Å². The Morgan fingerprint density at radius 1 is 1.26 bits per heavy atom. The van der Waals surface area contributed by atoms with Gasteiger partial charge in [-0.15, -0.1) is 0 Å². The quantitative estimate of drug-likeness (QED) is 0.847. The van der Waals surface area contributed by atoms with Gasteiger partial charge in [0.25, 0.3) is 0 Å². The summed E-state index contributed by atoms with van der Waals surface area (Å²) in [4.78, 5) is 15.1. The van der Waals surface area contributed by atoms with Crippen molar-refractivity contribution in [1.82, 2.24) is 10.2 Å². The van der Waals surface area contributed by atoms with Crippen LogP contribution in [-0.4, -0.2) is 29.1 Å². The standard InChI is InChI=1S/C16H28N2O/c1-11(2)14-17-16(8-4-5-9-16)15(19)18(14)10-12(3)13-6-7-13/h11-14,17H,4-10H2,1-3H3. The van der Waals surface area contributed by atoms with E-state index in [-0.39, 0.29) is 11.7 Å². The van der Waals surface area contributed by atoms with Gasteiger partial charge in [-0.3, -0.25) is 10.1 Å². The molecule has 19 heavy (non-hydrogen) atoms. The van der Waals surface area contributed by atoms with E-state index >= 15 is 0 Å². The number of carbonyl (C=O) groups excluding carboxylic acids is 1. The summed E-state index contributed by atoms with van der Waals surface area (Å²) >= 11 is 0. The summed E-state index contributed by atoms with van der Waals surface area (Å²) in [6, 6.07) is 0. The lowest BCUT2D eigenvalue weighted by molar-refractivity contribution is -0.134. The Bertz CT molecular complexity index is 356. The first kappa shape index (κ1) is 13.4. The molecule has 0 aromatic heterocycles. The van der Waals surface area contributed by atoms with Gasteiger partial charge in [0.1, 0.15) is 0 Å². The molecular weight excluding hydrogens is 236 g/mol. The molecule has 2 saturated carbocycles. The van der Waals surface area contributed by atoms with Crippen LogP contribution >= 0.6 is 0 Å². The predicted molar refractivity (Wildman–Crippen MR) is 76.6 cm³/mol. The lowest BCUT2D eigenvalue weighted by Crippen LogP contribution is -2.45. The largest absolute Gasteiger partial charge is 0.325 e. The number of rotatable bonds is 4. The Hall–Kier alpha value is -0.570. The SMILES string of the molecule is CC(C)C1NC2(CCCC2)C(=O)N1CC(C)C1CC1. The van der Waals surface area contributed by atoms with E-state index in [0.717, 1.165) is 25.3 Å². The highest BCUT2D eigenvalue weighted by Gasteiger charge is 2.53. The molecule has 0 aromatic carbocycles. The summed E-state index contributed by atoms with van der Waals surface area (Å²) < 4.78 is 0. The molecule has 3 aliphatic rings. The maximum absolute atomic E-state index is 12.9. The molecular formula is C16H28N2O. The van der Waals surface area contributed by atoms with Crippen molar-refractivity contribution in [2.75, 3.05) is 6.54 Å². The van der Waals surface area contributed by atoms with Gasteiger partial charge in [0.15, 0.2) is 0 Å². The Labute approximate surface area is 117 Å². The zero-order valence-electron chi connectivity index (χ0n) is 12.6. The smallest absolute Gasteiger partial charge is 0.244 e. The molecule has 0 radical (unpaired) electrons. The first-order valence-electron chi connectivity index (χ1n) is 8.12. The minimum atomic E-state index is -0.196. The Kier molecular flexibility index (Phi) is 3.36. The zero-order valence-corrected chi connectivity index (χ0v) is 12.6. The van der Waals surface area contributed by atoms with Gasteiger partial charge in [-0.05, 0) is 43.4 Å². The fourth-order valence-corrected chi connectivity index (χ4v) is 4.01. The minimum absolute atomic E-state index is 0.196. The molecule has 3 rings (SSSR count). The molecule has 3 nitrogen and oxygen atoms in total. The van der Waals surface area contributed by atoms with E-state index in [2.05, 4.69) is 31.0 Å². The molecule has 108 valence electrons. The highest BCUT2D eigenvalue weighted by molar-refractivity contribution is 5.89. The fourth-order valence-electron chi connectivity index (χ4n) is 4.01. The predicted octanol–water partition coefficient (Wildman–Crippen LogP) is 2.76. The van der Waals surface area contributed by atoms with Crippen LogP contribution in [0.3, 0.4) is 0 Å². The first-order valence-corrected chi connectivity index (χ1v) is 8.12. The van der Waals surface area contributed by atoms with Crippen molar-refractivity contribution in [3.05, 3.63) is 0 Å². The molecule has 2 atom stereocenters. The third-order valence-electron chi connectivity index (χ3n) is 5.43. The maximum Gasteiger partial charge on any atom is 0.244 e. The van der Waals surface area contributed by atoms with E-state index in [9.17, 15) is 4.79 Å². The summed E-state index contributed by atoms with van der Waals surface area (Å²) in [6.45, 7) is 7.74. The van der Waals surface area contributed by atoms with Crippen LogP contribution in [0.5, 0.6) is 0 Å². The van der Waals surface area contributed by atoms with Gasteiger partial charge >= 0.3 is 0 Å². The van der Waals surface area contributed by atoms with Crippen LogP contribution in [0.2, 0.25) is 0 Å². The Morgan fingerprint density at radius 3 is 2.42 bits per heavy atom. The van der Waals surface area contributed by atoms with E-state index in [1.54, 1.807) is 0 Å². The molecule has 2 aliphatic carbocycles. The summed E-state index contributed by atoms with van der Waals surface area (Å²) in [6.07, 6.45) is 7.49. The van der Waals surface area contributed by atoms with Crippen LogP contribution in [0, 0.1) is 17.8 Å². The van der Waals surface area contributed by atoms with Crippen LogP contribution in [0.15, 0.2) is 0 Å². The lowest BCUT2D eigenvalue weighted by Gasteiger charge is -2.29. The van der Waals surface area contributed by atoms with Crippen LogP contribution in [-0.2, 0) is 4.79 Å². The van der Waals surface area contributed by atoms with Crippen molar-refractivity contribution in [3.8, 4) is 0 Å². The third-order valence-corrected chi connectivity index (χ3v) is 5.43. The van der Waals surface area contributed by atoms with Gasteiger partial charge in [0.2, 0.25) is 5.91 Å². The monoisotopic (exact) mass is 264 g/mol. The van der Waals surface area contributed by atoms with Gasteiger partial charge in [-0.25, -0.2) is 0 Å². The van der Waals surface area contributed by atoms with Gasteiger partial charge in [0.05, 0.1) is 11.7 Å². The third kappa shape index (κ3) is 2.31. The van der Waals surface area contributed by atoms with Gasteiger partial charge < -0.3 is 4.90 Å². The number of nitrogens with one attached hydrogen (secondary N) is 1. The van der Waals surface area contributed by atoms with E-state index < -0.39 is 0 Å². The maximum atomic E-state index is 12.9. The molecule has 1 heterocycles. The molecule has 1 spiro atoms. The van der Waals surface area contributed by atoms with Crippen LogP contribution in [0.4, 0.5) is 0 Å². The molecule has 2 unspecified atom stereocenters. The van der Waals surface area contributed by atoms with Crippen molar-refractivity contribution < 1.29 is 4.79 Å². The average molecular weight is 264 g/mol. The Balaban J connectivity index is 1.76. The van der Waals surface area contributed by atoms with Crippen LogP contribution < -0.4 is 5.32 Å². The summed E-state index contributed by atoms with van der Waals surface area (Å²) in [5.74, 6) is 2.44. The van der Waals surface area contributed by atoms with E-state index in [0.29, 0.717) is 17.7 Å². The van der Waals surface area contributed by atoms with Crippen molar-refractivity contribution >= 4 is 5.91 Å². The van der Waals surface area contributed by atoms with Gasteiger partial charge in [-0.2, -0.15) is 0 Å². The number of hydrogen-bond acceptors (Lipinski definition) is 2. The van der Waals surface area contributed by atoms with Crippen LogP contribution in [0.25, 0.3) is 0 Å². The highest BCUT2D eigenvalue weighted by atomic mass is 16.2. The second kappa shape index (κ2) is 4.76. The summed E-state index contributed by atoms with van der Waals surface area (Å²) in [5, 5.41) is 3.71. The molecule has 1 aliphatic heterocycles. The number of hydrogen-bond donors (Lipinski definition) is 1. The van der Waals surface area contributed by atoms with Gasteiger partial charge in [0, 0.05) is 6.54 Å². The molecule has 3 fully saturated rings. The average Bonchev–Trinajstić information content (AvgIpc) is 3.07. The number of amides is 1. The molecule has 1 N–H and O–H groups in total. The van der Waals surface area contributed by atoms with Gasteiger partial charge in [-0.1, -0.05) is 33.6 Å².